The summed E-state index contributed by atoms with van der Waals surface area (Å²) in [5.41, 5.74) is 5.30. The fourth-order valence-electron chi connectivity index (χ4n) is 2.06. The molecule has 7 nitrogen and oxygen atoms in total. The van der Waals surface area contributed by atoms with Crippen molar-refractivity contribution in [3.8, 4) is 0 Å². The number of aliphatic imine (C=N–C) groups is 1. The summed E-state index contributed by atoms with van der Waals surface area (Å²) in [6.45, 7) is 7.93. The number of amides is 2. The fourth-order valence-corrected chi connectivity index (χ4v) is 2.06. The Bertz CT molecular complexity index is 452. The molecule has 138 valence electrons. The molecular weight excluding hydrogens is 306 g/mol. The number of hydrogen-bond acceptors (Lipinski definition) is 5. The summed E-state index contributed by atoms with van der Waals surface area (Å²) in [5.74, 6) is 4.73. The summed E-state index contributed by atoms with van der Waals surface area (Å²) in [6, 6.07) is -0.651. The van der Waals surface area contributed by atoms with E-state index in [2.05, 4.69) is 22.3 Å². The van der Waals surface area contributed by atoms with Gasteiger partial charge in [-0.25, -0.2) is 0 Å². The highest BCUT2D eigenvalue weighted by atomic mass is 16.2. The minimum Gasteiger partial charge on any atom is -0.370 e. The molecule has 0 bridgehead atoms. The first kappa shape index (κ1) is 22.1. The highest BCUT2D eigenvalue weighted by Crippen LogP contribution is 2.07. The summed E-state index contributed by atoms with van der Waals surface area (Å²) in [5, 5.41) is 6.45. The fraction of sp³-hybridized carbons (Fsp3) is 0.765. The van der Waals surface area contributed by atoms with E-state index in [1.165, 1.54) is 12.6 Å². The Morgan fingerprint density at radius 1 is 1.17 bits per heavy atom. The van der Waals surface area contributed by atoms with E-state index in [4.69, 9.17) is 11.6 Å². The van der Waals surface area contributed by atoms with Crippen molar-refractivity contribution < 1.29 is 9.59 Å². The standard InChI is InChI=1S/C17H33N5O2/c1-5-6-7-8-9-10-16(24)21-13(11-15(18)23)14(22-19)12-20-17(2,3)4/h12-13H,5-11,19H2,1-4H3,(H2,18,23)(H,21,24)/t13-/m1/s1. The second-order valence-electron chi connectivity index (χ2n) is 6.94. The van der Waals surface area contributed by atoms with Gasteiger partial charge >= 0.3 is 0 Å². The normalized spacial score (nSPS) is 13.9. The van der Waals surface area contributed by atoms with Gasteiger partial charge in [-0.15, -0.1) is 0 Å². The summed E-state index contributed by atoms with van der Waals surface area (Å²) in [6.07, 6.45) is 7.15. The average Bonchev–Trinajstić information content (AvgIpc) is 2.45. The first-order valence-electron chi connectivity index (χ1n) is 8.60. The number of primary amides is 1. The maximum Gasteiger partial charge on any atom is 0.220 e. The van der Waals surface area contributed by atoms with E-state index >= 15 is 0 Å². The Labute approximate surface area is 145 Å². The lowest BCUT2D eigenvalue weighted by Crippen LogP contribution is -2.44. The molecule has 0 rings (SSSR count). The van der Waals surface area contributed by atoms with Crippen LogP contribution in [0.2, 0.25) is 0 Å². The molecule has 5 N–H and O–H groups in total. The number of carbonyl (C=O) groups excluding carboxylic acids is 2. The van der Waals surface area contributed by atoms with Crippen LogP contribution in [0.3, 0.4) is 0 Å². The zero-order valence-corrected chi connectivity index (χ0v) is 15.5. The average molecular weight is 339 g/mol. The SMILES string of the molecule is CCCCCCCC(=O)N[C@H](CC(N)=O)C(C=NC(C)(C)C)=NN. The first-order chi connectivity index (χ1) is 11.2. The van der Waals surface area contributed by atoms with Gasteiger partial charge in [0.05, 0.1) is 18.0 Å². The predicted molar refractivity (Wildman–Crippen MR) is 99.0 cm³/mol. The molecule has 0 aliphatic rings. The van der Waals surface area contributed by atoms with Crippen LogP contribution in [-0.4, -0.2) is 35.3 Å². The van der Waals surface area contributed by atoms with Gasteiger partial charge in [0.25, 0.3) is 0 Å². The van der Waals surface area contributed by atoms with Gasteiger partial charge in [-0.05, 0) is 27.2 Å². The number of unbranched alkanes of at least 4 members (excludes halogenated alkanes) is 4. The van der Waals surface area contributed by atoms with Crippen LogP contribution in [0.4, 0.5) is 0 Å². The molecule has 0 fully saturated rings. The van der Waals surface area contributed by atoms with Gasteiger partial charge in [-0.2, -0.15) is 5.10 Å². The van der Waals surface area contributed by atoms with Crippen LogP contribution in [0, 0.1) is 0 Å². The van der Waals surface area contributed by atoms with E-state index in [0.717, 1.165) is 25.7 Å². The first-order valence-corrected chi connectivity index (χ1v) is 8.60. The molecular formula is C17H33N5O2. The van der Waals surface area contributed by atoms with E-state index in [9.17, 15) is 9.59 Å². The molecule has 0 heterocycles. The second-order valence-corrected chi connectivity index (χ2v) is 6.94. The van der Waals surface area contributed by atoms with Gasteiger partial charge in [0, 0.05) is 12.6 Å². The zero-order chi connectivity index (χ0) is 18.6. The number of nitrogens with zero attached hydrogens (tertiary/aromatic N) is 2. The molecule has 0 aromatic heterocycles. The van der Waals surface area contributed by atoms with Crippen molar-refractivity contribution in [3.05, 3.63) is 0 Å². The third kappa shape index (κ3) is 11.6. The van der Waals surface area contributed by atoms with Crippen molar-refractivity contribution in [2.24, 2.45) is 21.7 Å². The molecule has 7 heteroatoms. The molecule has 0 aromatic rings. The lowest BCUT2D eigenvalue weighted by molar-refractivity contribution is -0.122. The van der Waals surface area contributed by atoms with Crippen molar-refractivity contribution in [1.29, 1.82) is 0 Å². The molecule has 1 atom stereocenters. The molecule has 0 aromatic carbocycles. The quantitative estimate of drug-likeness (QED) is 0.230. The Morgan fingerprint density at radius 2 is 1.79 bits per heavy atom. The van der Waals surface area contributed by atoms with Crippen molar-refractivity contribution in [3.63, 3.8) is 0 Å². The van der Waals surface area contributed by atoms with Gasteiger partial charge in [-0.1, -0.05) is 32.6 Å². The Balaban J connectivity index is 4.72. The highest BCUT2D eigenvalue weighted by Gasteiger charge is 2.20. The van der Waals surface area contributed by atoms with E-state index in [0.29, 0.717) is 12.1 Å². The monoisotopic (exact) mass is 339 g/mol. The molecule has 0 aliphatic heterocycles. The van der Waals surface area contributed by atoms with E-state index < -0.39 is 11.9 Å². The van der Waals surface area contributed by atoms with Crippen molar-refractivity contribution in [2.45, 2.75) is 84.2 Å². The summed E-state index contributed by atoms with van der Waals surface area (Å²) in [4.78, 5) is 27.7. The maximum atomic E-state index is 12.1. The number of nitrogens with one attached hydrogen (secondary N) is 1. The van der Waals surface area contributed by atoms with Crippen LogP contribution >= 0.6 is 0 Å². The van der Waals surface area contributed by atoms with Crippen LogP contribution in [0.1, 0.15) is 72.6 Å². The van der Waals surface area contributed by atoms with Crippen LogP contribution in [0.5, 0.6) is 0 Å². The number of hydrogen-bond donors (Lipinski definition) is 3. The van der Waals surface area contributed by atoms with Crippen molar-refractivity contribution in [2.75, 3.05) is 0 Å². The molecule has 24 heavy (non-hydrogen) atoms. The van der Waals surface area contributed by atoms with Crippen molar-refractivity contribution in [1.82, 2.24) is 5.32 Å². The number of hydrazone groups is 1. The van der Waals surface area contributed by atoms with Gasteiger partial charge in [0.15, 0.2) is 0 Å². The van der Waals surface area contributed by atoms with Crippen LogP contribution in [-0.2, 0) is 9.59 Å². The van der Waals surface area contributed by atoms with Crippen LogP contribution < -0.4 is 16.9 Å². The summed E-state index contributed by atoms with van der Waals surface area (Å²) < 4.78 is 0. The third-order valence-electron chi connectivity index (χ3n) is 3.34. The predicted octanol–water partition coefficient (Wildman–Crippen LogP) is 1.89. The molecule has 0 saturated heterocycles. The van der Waals surface area contributed by atoms with Gasteiger partial charge in [-0.3, -0.25) is 14.6 Å². The molecule has 0 saturated carbocycles. The molecule has 0 radical (unpaired) electrons. The minimum atomic E-state index is -0.651. The topological polar surface area (TPSA) is 123 Å². The molecule has 0 spiro atoms. The van der Waals surface area contributed by atoms with Gasteiger partial charge in [0.2, 0.25) is 11.8 Å². The summed E-state index contributed by atoms with van der Waals surface area (Å²) in [7, 11) is 0. The molecule has 2 amide bonds. The van der Waals surface area contributed by atoms with E-state index in [1.807, 2.05) is 20.8 Å². The van der Waals surface area contributed by atoms with Crippen molar-refractivity contribution >= 4 is 23.7 Å². The Morgan fingerprint density at radius 3 is 2.29 bits per heavy atom. The molecule has 0 aliphatic carbocycles. The van der Waals surface area contributed by atoms with Gasteiger partial charge in [0.1, 0.15) is 5.71 Å². The van der Waals surface area contributed by atoms with E-state index in [-0.39, 0.29) is 17.9 Å². The molecule has 0 unspecified atom stereocenters. The van der Waals surface area contributed by atoms with E-state index in [1.54, 1.807) is 0 Å². The number of rotatable bonds is 11. The van der Waals surface area contributed by atoms with Gasteiger partial charge < -0.3 is 16.9 Å². The van der Waals surface area contributed by atoms with Crippen LogP contribution in [0.25, 0.3) is 0 Å². The lowest BCUT2D eigenvalue weighted by atomic mass is 10.1. The largest absolute Gasteiger partial charge is 0.370 e. The second kappa shape index (κ2) is 11.6. The third-order valence-corrected chi connectivity index (χ3v) is 3.34. The number of nitrogens with two attached hydrogens (primary N) is 2. The number of carbonyl (C=O) groups is 2. The lowest BCUT2D eigenvalue weighted by Gasteiger charge is -2.18. The Hall–Kier alpha value is -1.92. The highest BCUT2D eigenvalue weighted by molar-refractivity contribution is 6.33. The zero-order valence-electron chi connectivity index (χ0n) is 15.5. The minimum absolute atomic E-state index is 0.0617. The smallest absolute Gasteiger partial charge is 0.220 e. The maximum absolute atomic E-state index is 12.1. The van der Waals surface area contributed by atoms with Crippen LogP contribution in [0.15, 0.2) is 10.1 Å². The Kier molecular flexibility index (Phi) is 10.7. The summed E-state index contributed by atoms with van der Waals surface area (Å²) >= 11 is 0.